The van der Waals surface area contributed by atoms with Crippen LogP contribution in [0.15, 0.2) is 24.3 Å². The molecule has 1 aromatic carbocycles. The molecule has 1 unspecified atom stereocenters. The van der Waals surface area contributed by atoms with Gasteiger partial charge in [-0.3, -0.25) is 9.69 Å². The van der Waals surface area contributed by atoms with Crippen LogP contribution in [0.2, 0.25) is 5.02 Å². The monoisotopic (exact) mass is 268 g/mol. The van der Waals surface area contributed by atoms with E-state index in [0.29, 0.717) is 0 Å². The van der Waals surface area contributed by atoms with Crippen LogP contribution in [-0.2, 0) is 11.3 Å². The number of benzene rings is 1. The standard InChI is InChI=1S/C14H21ClN2O/c1-4-9-16-14(18)11(2)17(3)10-12-5-7-13(15)8-6-12/h5-8,11H,4,9-10H2,1-3H3,(H,16,18). The predicted octanol–water partition coefficient (Wildman–Crippen LogP) is 2.69. The predicted molar refractivity (Wildman–Crippen MR) is 75.7 cm³/mol. The van der Waals surface area contributed by atoms with Crippen molar-refractivity contribution < 1.29 is 4.79 Å². The summed E-state index contributed by atoms with van der Waals surface area (Å²) in [6.45, 7) is 5.43. The van der Waals surface area contributed by atoms with Crippen molar-refractivity contribution in [2.24, 2.45) is 0 Å². The van der Waals surface area contributed by atoms with Gasteiger partial charge in [0.25, 0.3) is 0 Å². The summed E-state index contributed by atoms with van der Waals surface area (Å²) in [5.41, 5.74) is 1.15. The second-order valence-corrected chi connectivity index (χ2v) is 4.95. The Labute approximate surface area is 114 Å². The maximum absolute atomic E-state index is 11.8. The first-order chi connectivity index (χ1) is 8.54. The van der Waals surface area contributed by atoms with Gasteiger partial charge in [-0.2, -0.15) is 0 Å². The van der Waals surface area contributed by atoms with Crippen LogP contribution in [0.4, 0.5) is 0 Å². The van der Waals surface area contributed by atoms with Gasteiger partial charge in [0.15, 0.2) is 0 Å². The summed E-state index contributed by atoms with van der Waals surface area (Å²) in [7, 11) is 1.95. The Morgan fingerprint density at radius 1 is 1.39 bits per heavy atom. The molecule has 0 saturated heterocycles. The van der Waals surface area contributed by atoms with Gasteiger partial charge in [0.1, 0.15) is 0 Å². The molecule has 0 aromatic heterocycles. The first-order valence-corrected chi connectivity index (χ1v) is 6.64. The highest BCUT2D eigenvalue weighted by Gasteiger charge is 2.17. The van der Waals surface area contributed by atoms with E-state index in [2.05, 4.69) is 5.32 Å². The van der Waals surface area contributed by atoms with Crippen molar-refractivity contribution in [3.05, 3.63) is 34.9 Å². The van der Waals surface area contributed by atoms with Crippen molar-refractivity contribution >= 4 is 17.5 Å². The van der Waals surface area contributed by atoms with Crippen LogP contribution < -0.4 is 5.32 Å². The number of hydrogen-bond donors (Lipinski definition) is 1. The number of amides is 1. The Morgan fingerprint density at radius 2 is 2.00 bits per heavy atom. The van der Waals surface area contributed by atoms with Crippen molar-refractivity contribution in [3.8, 4) is 0 Å². The molecule has 0 aliphatic rings. The van der Waals surface area contributed by atoms with Crippen LogP contribution in [0.1, 0.15) is 25.8 Å². The zero-order valence-corrected chi connectivity index (χ0v) is 12.0. The quantitative estimate of drug-likeness (QED) is 0.860. The second-order valence-electron chi connectivity index (χ2n) is 4.51. The van der Waals surface area contributed by atoms with Gasteiger partial charge in [0, 0.05) is 18.1 Å². The average Bonchev–Trinajstić information content (AvgIpc) is 2.37. The average molecular weight is 269 g/mol. The smallest absolute Gasteiger partial charge is 0.237 e. The van der Waals surface area contributed by atoms with Crippen molar-refractivity contribution in [2.45, 2.75) is 32.9 Å². The summed E-state index contributed by atoms with van der Waals surface area (Å²) in [5.74, 6) is 0.0771. The minimum atomic E-state index is -0.132. The fourth-order valence-electron chi connectivity index (χ4n) is 1.61. The number of hydrogen-bond acceptors (Lipinski definition) is 2. The number of likely N-dealkylation sites (N-methyl/N-ethyl adjacent to an activating group) is 1. The van der Waals surface area contributed by atoms with E-state index in [9.17, 15) is 4.79 Å². The fourth-order valence-corrected chi connectivity index (χ4v) is 1.74. The van der Waals surface area contributed by atoms with Crippen molar-refractivity contribution in [1.29, 1.82) is 0 Å². The highest BCUT2D eigenvalue weighted by molar-refractivity contribution is 6.30. The Kier molecular flexibility index (Phi) is 6.16. The molecular formula is C14H21ClN2O. The number of carbonyl (C=O) groups excluding carboxylic acids is 1. The SMILES string of the molecule is CCCNC(=O)C(C)N(C)Cc1ccc(Cl)cc1. The highest BCUT2D eigenvalue weighted by Crippen LogP contribution is 2.12. The van der Waals surface area contributed by atoms with E-state index in [4.69, 9.17) is 11.6 Å². The lowest BCUT2D eigenvalue weighted by molar-refractivity contribution is -0.125. The van der Waals surface area contributed by atoms with Gasteiger partial charge >= 0.3 is 0 Å². The molecular weight excluding hydrogens is 248 g/mol. The second kappa shape index (κ2) is 7.39. The summed E-state index contributed by atoms with van der Waals surface area (Å²) in [6, 6.07) is 7.57. The summed E-state index contributed by atoms with van der Waals surface area (Å²) >= 11 is 5.84. The normalized spacial score (nSPS) is 12.5. The first-order valence-electron chi connectivity index (χ1n) is 6.27. The summed E-state index contributed by atoms with van der Waals surface area (Å²) in [4.78, 5) is 13.8. The molecule has 0 heterocycles. The fraction of sp³-hybridized carbons (Fsp3) is 0.500. The molecule has 100 valence electrons. The van der Waals surface area contributed by atoms with Gasteiger partial charge in [-0.1, -0.05) is 30.7 Å². The van der Waals surface area contributed by atoms with Crippen LogP contribution in [0.3, 0.4) is 0 Å². The molecule has 1 rings (SSSR count). The molecule has 4 heteroatoms. The van der Waals surface area contributed by atoms with Crippen molar-refractivity contribution in [2.75, 3.05) is 13.6 Å². The summed E-state index contributed by atoms with van der Waals surface area (Å²) < 4.78 is 0. The lowest BCUT2D eigenvalue weighted by Crippen LogP contribution is -2.43. The summed E-state index contributed by atoms with van der Waals surface area (Å²) in [6.07, 6.45) is 0.958. The largest absolute Gasteiger partial charge is 0.355 e. The molecule has 0 spiro atoms. The Balaban J connectivity index is 2.51. The zero-order chi connectivity index (χ0) is 13.5. The molecule has 0 aliphatic carbocycles. The van der Waals surface area contributed by atoms with Gasteiger partial charge in [-0.05, 0) is 38.1 Å². The van der Waals surface area contributed by atoms with Crippen LogP contribution in [-0.4, -0.2) is 30.4 Å². The van der Waals surface area contributed by atoms with E-state index < -0.39 is 0 Å². The van der Waals surface area contributed by atoms with E-state index >= 15 is 0 Å². The number of rotatable bonds is 6. The molecule has 0 bridgehead atoms. The minimum absolute atomic E-state index is 0.0771. The van der Waals surface area contributed by atoms with E-state index in [0.717, 1.165) is 30.1 Å². The molecule has 0 fully saturated rings. The lowest BCUT2D eigenvalue weighted by atomic mass is 10.2. The molecule has 0 saturated carbocycles. The third-order valence-corrected chi connectivity index (χ3v) is 3.19. The molecule has 0 radical (unpaired) electrons. The van der Waals surface area contributed by atoms with Gasteiger partial charge in [-0.25, -0.2) is 0 Å². The Morgan fingerprint density at radius 3 is 2.56 bits per heavy atom. The van der Waals surface area contributed by atoms with Crippen LogP contribution in [0, 0.1) is 0 Å². The topological polar surface area (TPSA) is 32.3 Å². The zero-order valence-electron chi connectivity index (χ0n) is 11.2. The Bertz CT molecular complexity index is 378. The highest BCUT2D eigenvalue weighted by atomic mass is 35.5. The van der Waals surface area contributed by atoms with E-state index in [-0.39, 0.29) is 11.9 Å². The number of nitrogens with one attached hydrogen (secondary N) is 1. The maximum atomic E-state index is 11.8. The van der Waals surface area contributed by atoms with E-state index in [1.807, 2.05) is 50.1 Å². The minimum Gasteiger partial charge on any atom is -0.355 e. The number of nitrogens with zero attached hydrogens (tertiary/aromatic N) is 1. The number of halogens is 1. The first kappa shape index (κ1) is 15.0. The maximum Gasteiger partial charge on any atom is 0.237 e. The van der Waals surface area contributed by atoms with Gasteiger partial charge in [0.2, 0.25) is 5.91 Å². The lowest BCUT2D eigenvalue weighted by Gasteiger charge is -2.23. The molecule has 1 aromatic rings. The van der Waals surface area contributed by atoms with Crippen LogP contribution in [0.5, 0.6) is 0 Å². The van der Waals surface area contributed by atoms with Gasteiger partial charge in [0.05, 0.1) is 6.04 Å². The van der Waals surface area contributed by atoms with E-state index in [1.165, 1.54) is 0 Å². The third kappa shape index (κ3) is 4.67. The number of carbonyl (C=O) groups is 1. The summed E-state index contributed by atoms with van der Waals surface area (Å²) in [5, 5.41) is 3.64. The van der Waals surface area contributed by atoms with Gasteiger partial charge < -0.3 is 5.32 Å². The molecule has 0 aliphatic heterocycles. The Hall–Kier alpha value is -1.06. The van der Waals surface area contributed by atoms with Crippen LogP contribution >= 0.6 is 11.6 Å². The molecule has 1 N–H and O–H groups in total. The molecule has 3 nitrogen and oxygen atoms in total. The molecule has 1 atom stereocenters. The van der Waals surface area contributed by atoms with Crippen molar-refractivity contribution in [3.63, 3.8) is 0 Å². The third-order valence-electron chi connectivity index (χ3n) is 2.94. The van der Waals surface area contributed by atoms with Gasteiger partial charge in [-0.15, -0.1) is 0 Å². The van der Waals surface area contributed by atoms with Crippen molar-refractivity contribution in [1.82, 2.24) is 10.2 Å². The molecule has 1 amide bonds. The van der Waals surface area contributed by atoms with E-state index in [1.54, 1.807) is 0 Å². The molecule has 18 heavy (non-hydrogen) atoms. The van der Waals surface area contributed by atoms with Crippen LogP contribution in [0.25, 0.3) is 0 Å².